The molecule has 1 aliphatic rings. The number of carbonyl (C=O) groups excluding carboxylic acids is 1. The van der Waals surface area contributed by atoms with Gasteiger partial charge in [0.25, 0.3) is 0 Å². The van der Waals surface area contributed by atoms with E-state index in [1.807, 2.05) is 30.0 Å². The molecule has 0 unspecified atom stereocenters. The predicted molar refractivity (Wildman–Crippen MR) is 92.9 cm³/mol. The molecule has 4 rings (SSSR count). The van der Waals surface area contributed by atoms with E-state index in [0.29, 0.717) is 18.9 Å². The van der Waals surface area contributed by atoms with Crippen molar-refractivity contribution in [2.24, 2.45) is 0 Å². The summed E-state index contributed by atoms with van der Waals surface area (Å²) in [5.41, 5.74) is 2.15. The fourth-order valence-electron chi connectivity index (χ4n) is 3.66. The van der Waals surface area contributed by atoms with Crippen LogP contribution in [-0.2, 0) is 16.1 Å². The lowest BCUT2D eigenvalue weighted by Crippen LogP contribution is -2.35. The van der Waals surface area contributed by atoms with Crippen LogP contribution in [0.15, 0.2) is 36.7 Å². The Morgan fingerprint density at radius 3 is 3.00 bits per heavy atom. The van der Waals surface area contributed by atoms with Crippen LogP contribution in [0.2, 0.25) is 0 Å². The van der Waals surface area contributed by atoms with E-state index < -0.39 is 0 Å². The number of para-hydroxylation sites is 1. The summed E-state index contributed by atoms with van der Waals surface area (Å²) in [5.74, 6) is 0.771. The van der Waals surface area contributed by atoms with E-state index >= 15 is 0 Å². The van der Waals surface area contributed by atoms with Crippen LogP contribution in [0, 0.1) is 6.92 Å². The summed E-state index contributed by atoms with van der Waals surface area (Å²) in [6, 6.07) is 10.1. The van der Waals surface area contributed by atoms with Gasteiger partial charge >= 0.3 is 0 Å². The zero-order chi connectivity index (χ0) is 17.4. The Balaban J connectivity index is 1.61. The SMILES string of the molecule is CO[C@@H]1C[C@@H](c2ncn[nH]2)N(C(=O)Cn2c(C)cc3ccccc32)C1. The number of ether oxygens (including phenoxy) is 1. The van der Waals surface area contributed by atoms with Crippen molar-refractivity contribution in [1.29, 1.82) is 0 Å². The Kier molecular flexibility index (Phi) is 4.01. The molecule has 130 valence electrons. The first kappa shape index (κ1) is 15.8. The predicted octanol–water partition coefficient (Wildman–Crippen LogP) is 2.06. The van der Waals surface area contributed by atoms with Gasteiger partial charge in [0.05, 0.1) is 12.1 Å². The molecule has 0 aliphatic carbocycles. The zero-order valence-corrected chi connectivity index (χ0v) is 14.3. The van der Waals surface area contributed by atoms with Crippen molar-refractivity contribution in [3.8, 4) is 0 Å². The maximum atomic E-state index is 13.1. The van der Waals surface area contributed by atoms with E-state index in [1.165, 1.54) is 6.33 Å². The molecule has 2 atom stereocenters. The highest BCUT2D eigenvalue weighted by atomic mass is 16.5. The van der Waals surface area contributed by atoms with E-state index in [0.717, 1.165) is 23.0 Å². The van der Waals surface area contributed by atoms with Gasteiger partial charge in [0.2, 0.25) is 5.91 Å². The Labute approximate surface area is 145 Å². The van der Waals surface area contributed by atoms with Crippen LogP contribution in [0.3, 0.4) is 0 Å². The topological polar surface area (TPSA) is 76.0 Å². The maximum absolute atomic E-state index is 13.1. The van der Waals surface area contributed by atoms with Gasteiger partial charge in [-0.25, -0.2) is 4.98 Å². The molecule has 1 saturated heterocycles. The van der Waals surface area contributed by atoms with Crippen molar-refractivity contribution in [1.82, 2.24) is 24.6 Å². The summed E-state index contributed by atoms with van der Waals surface area (Å²) in [6.45, 7) is 2.91. The minimum absolute atomic E-state index is 0.0153. The van der Waals surface area contributed by atoms with E-state index in [2.05, 4.69) is 31.9 Å². The van der Waals surface area contributed by atoms with Crippen LogP contribution in [0.4, 0.5) is 0 Å². The fraction of sp³-hybridized carbons (Fsp3) is 0.389. The van der Waals surface area contributed by atoms with E-state index in [9.17, 15) is 4.79 Å². The number of aromatic nitrogens is 4. The number of H-pyrrole nitrogens is 1. The first-order valence-corrected chi connectivity index (χ1v) is 8.39. The molecule has 7 heteroatoms. The lowest BCUT2D eigenvalue weighted by molar-refractivity contribution is -0.133. The fourth-order valence-corrected chi connectivity index (χ4v) is 3.66. The maximum Gasteiger partial charge on any atom is 0.243 e. The highest BCUT2D eigenvalue weighted by Crippen LogP contribution is 2.32. The van der Waals surface area contributed by atoms with Crippen molar-refractivity contribution >= 4 is 16.8 Å². The second-order valence-electron chi connectivity index (χ2n) is 6.46. The summed E-state index contributed by atoms with van der Waals surface area (Å²) < 4.78 is 7.55. The molecule has 1 aliphatic heterocycles. The molecule has 0 spiro atoms. The van der Waals surface area contributed by atoms with Crippen LogP contribution in [0.1, 0.15) is 24.0 Å². The number of nitrogens with zero attached hydrogens (tertiary/aromatic N) is 4. The van der Waals surface area contributed by atoms with Crippen molar-refractivity contribution in [3.05, 3.63) is 48.2 Å². The molecular weight excluding hydrogens is 318 g/mol. The van der Waals surface area contributed by atoms with E-state index in [1.54, 1.807) is 7.11 Å². The monoisotopic (exact) mass is 339 g/mol. The number of nitrogens with one attached hydrogen (secondary N) is 1. The molecule has 2 aromatic heterocycles. The third-order valence-corrected chi connectivity index (χ3v) is 4.98. The number of aryl methyl sites for hydroxylation is 1. The van der Waals surface area contributed by atoms with Crippen molar-refractivity contribution < 1.29 is 9.53 Å². The molecule has 7 nitrogen and oxygen atoms in total. The van der Waals surface area contributed by atoms with Crippen LogP contribution < -0.4 is 0 Å². The standard InChI is InChI=1S/C18H21N5O2/c1-12-7-13-5-3-4-6-15(13)22(12)10-17(24)23-9-14(25-2)8-16(23)18-19-11-20-21-18/h3-7,11,14,16H,8-10H2,1-2H3,(H,19,20,21)/t14-,16+/m1/s1. The Hall–Kier alpha value is -2.67. The number of aromatic amines is 1. The molecule has 1 aromatic carbocycles. The van der Waals surface area contributed by atoms with Crippen LogP contribution >= 0.6 is 0 Å². The smallest absolute Gasteiger partial charge is 0.243 e. The second kappa shape index (κ2) is 6.33. The van der Waals surface area contributed by atoms with Gasteiger partial charge in [0, 0.05) is 31.3 Å². The molecule has 1 fully saturated rings. The largest absolute Gasteiger partial charge is 0.380 e. The van der Waals surface area contributed by atoms with Gasteiger partial charge in [-0.05, 0) is 24.4 Å². The lowest BCUT2D eigenvalue weighted by atomic mass is 10.2. The quantitative estimate of drug-likeness (QED) is 0.789. The van der Waals surface area contributed by atoms with Crippen LogP contribution in [0.25, 0.3) is 10.9 Å². The summed E-state index contributed by atoms with van der Waals surface area (Å²) in [6.07, 6.45) is 2.21. The van der Waals surface area contributed by atoms with Crippen LogP contribution in [0.5, 0.6) is 0 Å². The molecular formula is C18H21N5O2. The molecule has 0 bridgehead atoms. The molecule has 1 N–H and O–H groups in total. The first-order valence-electron chi connectivity index (χ1n) is 8.39. The van der Waals surface area contributed by atoms with Crippen LogP contribution in [-0.4, -0.2) is 50.3 Å². The molecule has 3 aromatic rings. The van der Waals surface area contributed by atoms with E-state index in [4.69, 9.17) is 4.74 Å². The number of rotatable bonds is 4. The van der Waals surface area contributed by atoms with Gasteiger partial charge in [-0.2, -0.15) is 5.10 Å². The minimum Gasteiger partial charge on any atom is -0.380 e. The lowest BCUT2D eigenvalue weighted by Gasteiger charge is -2.23. The highest BCUT2D eigenvalue weighted by molar-refractivity contribution is 5.84. The molecule has 25 heavy (non-hydrogen) atoms. The second-order valence-corrected chi connectivity index (χ2v) is 6.46. The average Bonchev–Trinajstić information content (AvgIpc) is 3.33. The Bertz CT molecular complexity index is 886. The highest BCUT2D eigenvalue weighted by Gasteiger charge is 2.38. The summed E-state index contributed by atoms with van der Waals surface area (Å²) >= 11 is 0. The zero-order valence-electron chi connectivity index (χ0n) is 14.3. The number of benzene rings is 1. The minimum atomic E-state index is -0.123. The average molecular weight is 339 g/mol. The molecule has 0 radical (unpaired) electrons. The Morgan fingerprint density at radius 1 is 1.40 bits per heavy atom. The van der Waals surface area contributed by atoms with Gasteiger partial charge in [-0.3, -0.25) is 9.89 Å². The molecule has 1 amide bonds. The van der Waals surface area contributed by atoms with Crippen molar-refractivity contribution in [2.75, 3.05) is 13.7 Å². The number of hydrogen-bond donors (Lipinski definition) is 1. The number of likely N-dealkylation sites (tertiary alicyclic amines) is 1. The number of methoxy groups -OCH3 is 1. The number of fused-ring (bicyclic) bond motifs is 1. The van der Waals surface area contributed by atoms with E-state index in [-0.39, 0.29) is 18.1 Å². The van der Waals surface area contributed by atoms with Gasteiger partial charge in [0.1, 0.15) is 18.7 Å². The summed E-state index contributed by atoms with van der Waals surface area (Å²) in [5, 5.41) is 7.96. The number of hydrogen-bond acceptors (Lipinski definition) is 4. The van der Waals surface area contributed by atoms with Gasteiger partial charge < -0.3 is 14.2 Å². The molecule has 3 heterocycles. The van der Waals surface area contributed by atoms with Gasteiger partial charge in [-0.1, -0.05) is 18.2 Å². The third-order valence-electron chi connectivity index (χ3n) is 4.98. The normalized spacial score (nSPS) is 20.5. The Morgan fingerprint density at radius 2 is 2.24 bits per heavy atom. The summed E-state index contributed by atoms with van der Waals surface area (Å²) in [4.78, 5) is 19.2. The van der Waals surface area contributed by atoms with Crippen molar-refractivity contribution in [3.63, 3.8) is 0 Å². The third kappa shape index (κ3) is 2.80. The van der Waals surface area contributed by atoms with Crippen molar-refractivity contribution in [2.45, 2.75) is 32.0 Å². The summed E-state index contributed by atoms with van der Waals surface area (Å²) in [7, 11) is 1.68. The molecule has 0 saturated carbocycles. The number of carbonyl (C=O) groups is 1. The first-order chi connectivity index (χ1) is 12.2. The van der Waals surface area contributed by atoms with Gasteiger partial charge in [-0.15, -0.1) is 0 Å². The number of amides is 1. The van der Waals surface area contributed by atoms with Gasteiger partial charge in [0.15, 0.2) is 0 Å².